The Labute approximate surface area is 119 Å². The molecular weight excluding hydrogens is 264 g/mol. The van der Waals surface area contributed by atoms with E-state index in [0.717, 1.165) is 5.56 Å². The molecule has 1 aromatic heterocycles. The molecular formula is C13H21ClN4O. The van der Waals surface area contributed by atoms with Crippen molar-refractivity contribution in [1.82, 2.24) is 10.3 Å². The first kappa shape index (κ1) is 15.7. The molecule has 3 N–H and O–H groups in total. The van der Waals surface area contributed by atoms with E-state index in [1.54, 1.807) is 24.2 Å². The molecule has 0 aliphatic heterocycles. The fourth-order valence-corrected chi connectivity index (χ4v) is 1.89. The lowest BCUT2D eigenvalue weighted by atomic mass is 10.2. The van der Waals surface area contributed by atoms with Crippen molar-refractivity contribution in [3.05, 3.63) is 22.8 Å². The SMILES string of the molecule is CC(C)CNC(=O)CN(C)c1nccc(CN)c1Cl. The molecule has 1 rings (SSSR count). The highest BCUT2D eigenvalue weighted by Gasteiger charge is 2.13. The van der Waals surface area contributed by atoms with E-state index in [0.29, 0.717) is 29.8 Å². The number of pyridine rings is 1. The average molecular weight is 285 g/mol. The Morgan fingerprint density at radius 1 is 1.58 bits per heavy atom. The van der Waals surface area contributed by atoms with Gasteiger partial charge in [0.25, 0.3) is 0 Å². The van der Waals surface area contributed by atoms with E-state index in [1.807, 2.05) is 13.8 Å². The third kappa shape index (κ3) is 4.69. The number of carbonyl (C=O) groups is 1. The number of anilines is 1. The highest BCUT2D eigenvalue weighted by Crippen LogP contribution is 2.25. The topological polar surface area (TPSA) is 71.2 Å². The summed E-state index contributed by atoms with van der Waals surface area (Å²) in [6.07, 6.45) is 1.64. The molecule has 0 atom stereocenters. The standard InChI is InChI=1S/C13H21ClN4O/c1-9(2)7-17-11(19)8-18(3)13-12(14)10(6-15)4-5-16-13/h4-5,9H,6-8,15H2,1-3H3,(H,17,19). The van der Waals surface area contributed by atoms with Gasteiger partial charge in [-0.1, -0.05) is 25.4 Å². The maximum Gasteiger partial charge on any atom is 0.239 e. The highest BCUT2D eigenvalue weighted by atomic mass is 35.5. The predicted molar refractivity (Wildman–Crippen MR) is 78.3 cm³/mol. The number of halogens is 1. The Kier molecular flexibility index (Phi) is 6.05. The first-order chi connectivity index (χ1) is 8.95. The summed E-state index contributed by atoms with van der Waals surface area (Å²) in [5, 5.41) is 3.36. The fraction of sp³-hybridized carbons (Fsp3) is 0.538. The second-order valence-corrected chi connectivity index (χ2v) is 5.24. The molecule has 0 saturated heterocycles. The molecule has 1 aromatic rings. The van der Waals surface area contributed by atoms with E-state index < -0.39 is 0 Å². The normalized spacial score (nSPS) is 10.6. The zero-order valence-electron chi connectivity index (χ0n) is 11.6. The molecule has 0 unspecified atom stereocenters. The monoisotopic (exact) mass is 284 g/mol. The van der Waals surface area contributed by atoms with Gasteiger partial charge in [0, 0.05) is 26.3 Å². The third-order valence-electron chi connectivity index (χ3n) is 2.62. The van der Waals surface area contributed by atoms with Crippen LogP contribution < -0.4 is 16.0 Å². The summed E-state index contributed by atoms with van der Waals surface area (Å²) < 4.78 is 0. The van der Waals surface area contributed by atoms with E-state index in [2.05, 4.69) is 10.3 Å². The third-order valence-corrected chi connectivity index (χ3v) is 3.03. The molecule has 0 saturated carbocycles. The number of nitrogens with one attached hydrogen (secondary N) is 1. The number of hydrogen-bond acceptors (Lipinski definition) is 4. The van der Waals surface area contributed by atoms with Gasteiger partial charge in [-0.3, -0.25) is 4.79 Å². The van der Waals surface area contributed by atoms with Gasteiger partial charge in [0.15, 0.2) is 0 Å². The molecule has 0 aromatic carbocycles. The van der Waals surface area contributed by atoms with Crippen LogP contribution in [0.1, 0.15) is 19.4 Å². The van der Waals surface area contributed by atoms with Crippen LogP contribution in [0, 0.1) is 5.92 Å². The number of likely N-dealkylation sites (N-methyl/N-ethyl adjacent to an activating group) is 1. The van der Waals surface area contributed by atoms with Crippen molar-refractivity contribution in [2.24, 2.45) is 11.7 Å². The summed E-state index contributed by atoms with van der Waals surface area (Å²) in [6, 6.07) is 1.78. The second-order valence-electron chi connectivity index (χ2n) is 4.87. The Bertz CT molecular complexity index is 437. The van der Waals surface area contributed by atoms with Crippen LogP contribution in [0.5, 0.6) is 0 Å². The predicted octanol–water partition coefficient (Wildman–Crippen LogP) is 1.40. The largest absolute Gasteiger partial charge is 0.354 e. The number of rotatable bonds is 6. The molecule has 1 amide bonds. The Hall–Kier alpha value is -1.33. The van der Waals surface area contributed by atoms with E-state index in [-0.39, 0.29) is 12.5 Å². The Morgan fingerprint density at radius 2 is 2.26 bits per heavy atom. The minimum Gasteiger partial charge on any atom is -0.354 e. The van der Waals surface area contributed by atoms with Crippen molar-refractivity contribution in [2.45, 2.75) is 20.4 Å². The van der Waals surface area contributed by atoms with Crippen LogP contribution in [0.15, 0.2) is 12.3 Å². The maximum atomic E-state index is 11.7. The lowest BCUT2D eigenvalue weighted by Crippen LogP contribution is -2.37. The van der Waals surface area contributed by atoms with Gasteiger partial charge in [-0.05, 0) is 17.5 Å². The number of carbonyl (C=O) groups excluding carboxylic acids is 1. The van der Waals surface area contributed by atoms with Crippen LogP contribution in [-0.2, 0) is 11.3 Å². The first-order valence-electron chi connectivity index (χ1n) is 6.27. The minimum absolute atomic E-state index is 0.0489. The van der Waals surface area contributed by atoms with Crippen molar-refractivity contribution in [3.63, 3.8) is 0 Å². The van der Waals surface area contributed by atoms with Crippen LogP contribution >= 0.6 is 11.6 Å². The number of aromatic nitrogens is 1. The van der Waals surface area contributed by atoms with Crippen molar-refractivity contribution < 1.29 is 4.79 Å². The van der Waals surface area contributed by atoms with Gasteiger partial charge in [0.05, 0.1) is 11.6 Å². The summed E-state index contributed by atoms with van der Waals surface area (Å²) in [5.41, 5.74) is 6.41. The molecule has 0 bridgehead atoms. The van der Waals surface area contributed by atoms with Gasteiger partial charge >= 0.3 is 0 Å². The molecule has 106 valence electrons. The van der Waals surface area contributed by atoms with Crippen LogP contribution in [-0.4, -0.2) is 31.0 Å². The number of hydrogen-bond donors (Lipinski definition) is 2. The molecule has 0 aliphatic rings. The first-order valence-corrected chi connectivity index (χ1v) is 6.64. The quantitative estimate of drug-likeness (QED) is 0.828. The number of nitrogens with zero attached hydrogens (tertiary/aromatic N) is 2. The van der Waals surface area contributed by atoms with Crippen LogP contribution in [0.4, 0.5) is 5.82 Å². The van der Waals surface area contributed by atoms with Crippen molar-refractivity contribution in [2.75, 3.05) is 25.0 Å². The zero-order valence-corrected chi connectivity index (χ0v) is 12.4. The molecule has 0 spiro atoms. The van der Waals surface area contributed by atoms with Gasteiger partial charge in [-0.25, -0.2) is 4.98 Å². The van der Waals surface area contributed by atoms with Crippen LogP contribution in [0.3, 0.4) is 0 Å². The smallest absolute Gasteiger partial charge is 0.239 e. The van der Waals surface area contributed by atoms with E-state index in [4.69, 9.17) is 17.3 Å². The van der Waals surface area contributed by atoms with Crippen LogP contribution in [0.25, 0.3) is 0 Å². The van der Waals surface area contributed by atoms with Crippen molar-refractivity contribution in [3.8, 4) is 0 Å². The molecule has 0 aliphatic carbocycles. The van der Waals surface area contributed by atoms with Gasteiger partial charge in [-0.2, -0.15) is 0 Å². The van der Waals surface area contributed by atoms with Gasteiger partial charge < -0.3 is 16.0 Å². The van der Waals surface area contributed by atoms with Crippen molar-refractivity contribution in [1.29, 1.82) is 0 Å². The fourth-order valence-electron chi connectivity index (χ4n) is 1.56. The number of nitrogens with two attached hydrogens (primary N) is 1. The Balaban J connectivity index is 2.68. The number of amides is 1. The summed E-state index contributed by atoms with van der Waals surface area (Å²) >= 11 is 6.20. The summed E-state index contributed by atoms with van der Waals surface area (Å²) in [5.74, 6) is 0.952. The minimum atomic E-state index is -0.0489. The highest BCUT2D eigenvalue weighted by molar-refractivity contribution is 6.33. The van der Waals surface area contributed by atoms with E-state index in [9.17, 15) is 4.79 Å². The summed E-state index contributed by atoms with van der Waals surface area (Å²) in [6.45, 7) is 5.33. The average Bonchev–Trinajstić information content (AvgIpc) is 2.36. The van der Waals surface area contributed by atoms with E-state index in [1.165, 1.54) is 0 Å². The molecule has 19 heavy (non-hydrogen) atoms. The van der Waals surface area contributed by atoms with Crippen molar-refractivity contribution >= 4 is 23.3 Å². The van der Waals surface area contributed by atoms with E-state index >= 15 is 0 Å². The molecule has 0 fully saturated rings. The summed E-state index contributed by atoms with van der Waals surface area (Å²) in [7, 11) is 1.78. The Morgan fingerprint density at radius 3 is 2.84 bits per heavy atom. The second kappa shape index (κ2) is 7.31. The lowest BCUT2D eigenvalue weighted by molar-refractivity contribution is -0.119. The molecule has 0 radical (unpaired) electrons. The maximum absolute atomic E-state index is 11.7. The van der Waals surface area contributed by atoms with Gasteiger partial charge in [-0.15, -0.1) is 0 Å². The molecule has 6 heteroatoms. The molecule has 5 nitrogen and oxygen atoms in total. The van der Waals surface area contributed by atoms with Crippen LogP contribution in [0.2, 0.25) is 5.02 Å². The molecule has 1 heterocycles. The van der Waals surface area contributed by atoms with Gasteiger partial charge in [0.2, 0.25) is 5.91 Å². The van der Waals surface area contributed by atoms with Gasteiger partial charge in [0.1, 0.15) is 5.82 Å². The lowest BCUT2D eigenvalue weighted by Gasteiger charge is -2.20. The summed E-state index contributed by atoms with van der Waals surface area (Å²) in [4.78, 5) is 17.7. The zero-order chi connectivity index (χ0) is 14.4.